The third kappa shape index (κ3) is 1.92. The van der Waals surface area contributed by atoms with Gasteiger partial charge in [-0.15, -0.1) is 0 Å². The molecule has 0 aliphatic carbocycles. The van der Waals surface area contributed by atoms with Crippen LogP contribution in [0, 0.1) is 0 Å². The summed E-state index contributed by atoms with van der Waals surface area (Å²) >= 11 is 0. The molecule has 0 fully saturated rings. The second kappa shape index (κ2) is 4.13. The monoisotopic (exact) mass is 222 g/mol. The normalized spacial score (nSPS) is 10.4. The lowest BCUT2D eigenvalue weighted by atomic mass is 10.5. The van der Waals surface area contributed by atoms with Gasteiger partial charge in [0.1, 0.15) is 5.69 Å². The van der Waals surface area contributed by atoms with E-state index in [-0.39, 0.29) is 18.3 Å². The molecule has 2 heterocycles. The lowest BCUT2D eigenvalue weighted by Crippen LogP contribution is -2.06. The van der Waals surface area contributed by atoms with Crippen molar-refractivity contribution in [3.63, 3.8) is 0 Å². The quantitative estimate of drug-likeness (QED) is 0.709. The topological polar surface area (TPSA) is 83.0 Å². The van der Waals surface area contributed by atoms with Crippen molar-refractivity contribution in [2.45, 2.75) is 6.92 Å². The average Bonchev–Trinajstić information content (AvgIpc) is 2.85. The Morgan fingerprint density at radius 1 is 1.62 bits per heavy atom. The molecule has 16 heavy (non-hydrogen) atoms. The third-order valence-corrected chi connectivity index (χ3v) is 1.81. The highest BCUT2D eigenvalue weighted by Crippen LogP contribution is 2.13. The Morgan fingerprint density at radius 3 is 3.06 bits per heavy atom. The summed E-state index contributed by atoms with van der Waals surface area (Å²) in [7, 11) is 1.82. The standard InChI is InChI=1S/C9H10N4O3/c1-3-15-9(14)7-11-8(16-12-7)6-4-13(2)5-10-6/h4-5H,3H2,1-2H3. The molecule has 0 aliphatic heterocycles. The van der Waals surface area contributed by atoms with Crippen LogP contribution in [0.4, 0.5) is 0 Å². The predicted octanol–water partition coefficient (Wildman–Crippen LogP) is 0.647. The lowest BCUT2D eigenvalue weighted by molar-refractivity contribution is 0.0508. The first kappa shape index (κ1) is 10.3. The third-order valence-electron chi connectivity index (χ3n) is 1.81. The summed E-state index contributed by atoms with van der Waals surface area (Å²) in [6.45, 7) is 1.98. The Balaban J connectivity index is 2.22. The van der Waals surface area contributed by atoms with E-state index in [1.807, 2.05) is 7.05 Å². The van der Waals surface area contributed by atoms with Crippen molar-refractivity contribution in [1.29, 1.82) is 0 Å². The second-order valence-electron chi connectivity index (χ2n) is 3.07. The van der Waals surface area contributed by atoms with Gasteiger partial charge in [-0.3, -0.25) is 0 Å². The van der Waals surface area contributed by atoms with Crippen LogP contribution in [-0.2, 0) is 11.8 Å². The maximum absolute atomic E-state index is 11.3. The van der Waals surface area contributed by atoms with E-state index in [1.54, 1.807) is 24.0 Å². The number of hydrogen-bond donors (Lipinski definition) is 0. The number of carbonyl (C=O) groups excluding carboxylic acids is 1. The zero-order valence-corrected chi connectivity index (χ0v) is 8.88. The van der Waals surface area contributed by atoms with Crippen molar-refractivity contribution < 1.29 is 14.1 Å². The molecular weight excluding hydrogens is 212 g/mol. The molecule has 2 aromatic rings. The van der Waals surface area contributed by atoms with E-state index in [4.69, 9.17) is 9.26 Å². The molecule has 0 aromatic carbocycles. The largest absolute Gasteiger partial charge is 0.460 e. The average molecular weight is 222 g/mol. The first-order chi connectivity index (χ1) is 7.70. The van der Waals surface area contributed by atoms with Crippen LogP contribution in [0.15, 0.2) is 17.0 Å². The maximum Gasteiger partial charge on any atom is 0.379 e. The number of carbonyl (C=O) groups is 1. The number of imidazole rings is 1. The summed E-state index contributed by atoms with van der Waals surface area (Å²) in [4.78, 5) is 19.2. The highest BCUT2D eigenvalue weighted by atomic mass is 16.5. The van der Waals surface area contributed by atoms with E-state index in [0.29, 0.717) is 5.69 Å². The van der Waals surface area contributed by atoms with Gasteiger partial charge in [0.15, 0.2) is 0 Å². The Bertz CT molecular complexity index is 502. The van der Waals surface area contributed by atoms with Gasteiger partial charge in [-0.05, 0) is 12.1 Å². The smallest absolute Gasteiger partial charge is 0.379 e. The molecule has 7 nitrogen and oxygen atoms in total. The van der Waals surface area contributed by atoms with Crippen LogP contribution in [-0.4, -0.2) is 32.3 Å². The molecule has 0 amide bonds. The first-order valence-corrected chi connectivity index (χ1v) is 4.70. The molecule has 0 saturated heterocycles. The summed E-state index contributed by atoms with van der Waals surface area (Å²) in [5.41, 5.74) is 0.519. The van der Waals surface area contributed by atoms with Gasteiger partial charge in [-0.1, -0.05) is 0 Å². The number of ether oxygens (including phenoxy) is 1. The SMILES string of the molecule is CCOC(=O)c1noc(-c2cn(C)cn2)n1. The van der Waals surface area contributed by atoms with Crippen molar-refractivity contribution in [2.75, 3.05) is 6.61 Å². The molecular formula is C9H10N4O3. The number of nitrogens with zero attached hydrogens (tertiary/aromatic N) is 4. The summed E-state index contributed by atoms with van der Waals surface area (Å²) in [6, 6.07) is 0. The Hall–Kier alpha value is -2.18. The molecule has 0 atom stereocenters. The van der Waals surface area contributed by atoms with Crippen molar-refractivity contribution in [2.24, 2.45) is 7.05 Å². The van der Waals surface area contributed by atoms with Crippen LogP contribution in [0.3, 0.4) is 0 Å². The summed E-state index contributed by atoms with van der Waals surface area (Å²) in [5, 5.41) is 3.51. The van der Waals surface area contributed by atoms with Crippen LogP contribution < -0.4 is 0 Å². The molecule has 2 aromatic heterocycles. The van der Waals surface area contributed by atoms with E-state index < -0.39 is 5.97 Å². The van der Waals surface area contributed by atoms with Gasteiger partial charge in [0.2, 0.25) is 0 Å². The summed E-state index contributed by atoms with van der Waals surface area (Å²) in [6.07, 6.45) is 3.31. The van der Waals surface area contributed by atoms with E-state index in [9.17, 15) is 4.79 Å². The molecule has 0 unspecified atom stereocenters. The minimum absolute atomic E-state index is 0.0949. The lowest BCUT2D eigenvalue weighted by Gasteiger charge is -1.93. The molecule has 0 bridgehead atoms. The molecule has 0 N–H and O–H groups in total. The highest BCUT2D eigenvalue weighted by molar-refractivity contribution is 5.85. The van der Waals surface area contributed by atoms with Crippen molar-refractivity contribution in [3.8, 4) is 11.6 Å². The number of rotatable bonds is 3. The van der Waals surface area contributed by atoms with Crippen LogP contribution in [0.2, 0.25) is 0 Å². The number of aromatic nitrogens is 4. The maximum atomic E-state index is 11.3. The molecule has 0 aliphatic rings. The van der Waals surface area contributed by atoms with Crippen LogP contribution >= 0.6 is 0 Å². The second-order valence-corrected chi connectivity index (χ2v) is 3.07. The van der Waals surface area contributed by atoms with Crippen molar-refractivity contribution in [3.05, 3.63) is 18.3 Å². The fraction of sp³-hybridized carbons (Fsp3) is 0.333. The Labute approximate surface area is 91.0 Å². The molecule has 0 spiro atoms. The number of aryl methyl sites for hydroxylation is 1. The van der Waals surface area contributed by atoms with E-state index >= 15 is 0 Å². The first-order valence-electron chi connectivity index (χ1n) is 4.70. The van der Waals surface area contributed by atoms with Gasteiger partial charge in [0, 0.05) is 13.2 Å². The Morgan fingerprint density at radius 2 is 2.44 bits per heavy atom. The predicted molar refractivity (Wildman–Crippen MR) is 52.5 cm³/mol. The molecule has 84 valence electrons. The minimum atomic E-state index is -0.603. The van der Waals surface area contributed by atoms with Crippen LogP contribution in [0.25, 0.3) is 11.6 Å². The fourth-order valence-electron chi connectivity index (χ4n) is 1.13. The molecule has 0 saturated carbocycles. The minimum Gasteiger partial charge on any atom is -0.460 e. The summed E-state index contributed by atoms with van der Waals surface area (Å²) < 4.78 is 11.4. The molecule has 2 rings (SSSR count). The van der Waals surface area contributed by atoms with E-state index in [1.165, 1.54) is 0 Å². The van der Waals surface area contributed by atoms with Gasteiger partial charge in [0.05, 0.1) is 12.9 Å². The fourth-order valence-corrected chi connectivity index (χ4v) is 1.13. The van der Waals surface area contributed by atoms with Gasteiger partial charge in [-0.2, -0.15) is 4.98 Å². The zero-order valence-electron chi connectivity index (χ0n) is 8.88. The van der Waals surface area contributed by atoms with Crippen molar-refractivity contribution >= 4 is 5.97 Å². The van der Waals surface area contributed by atoms with Gasteiger partial charge >= 0.3 is 5.97 Å². The zero-order chi connectivity index (χ0) is 11.5. The number of esters is 1. The van der Waals surface area contributed by atoms with E-state index in [2.05, 4.69) is 15.1 Å². The molecule has 0 radical (unpaired) electrons. The van der Waals surface area contributed by atoms with Crippen molar-refractivity contribution in [1.82, 2.24) is 19.7 Å². The number of hydrogen-bond acceptors (Lipinski definition) is 6. The molecule has 7 heteroatoms. The van der Waals surface area contributed by atoms with E-state index in [0.717, 1.165) is 0 Å². The Kier molecular flexibility index (Phi) is 2.67. The van der Waals surface area contributed by atoms with Crippen LogP contribution in [0.5, 0.6) is 0 Å². The summed E-state index contributed by atoms with van der Waals surface area (Å²) in [5.74, 6) is -0.500. The van der Waals surface area contributed by atoms with Crippen LogP contribution in [0.1, 0.15) is 17.5 Å². The highest BCUT2D eigenvalue weighted by Gasteiger charge is 2.17. The van der Waals surface area contributed by atoms with Gasteiger partial charge in [0.25, 0.3) is 11.7 Å². The van der Waals surface area contributed by atoms with Gasteiger partial charge < -0.3 is 13.8 Å². The van der Waals surface area contributed by atoms with Gasteiger partial charge in [-0.25, -0.2) is 9.78 Å².